The van der Waals surface area contributed by atoms with E-state index < -0.39 is 0 Å². The zero-order chi connectivity index (χ0) is 5.28. The van der Waals surface area contributed by atoms with E-state index in [0.29, 0.717) is 6.61 Å². The van der Waals surface area contributed by atoms with Gasteiger partial charge in [0, 0.05) is 6.42 Å². The van der Waals surface area contributed by atoms with Crippen LogP contribution in [0, 0.1) is 0 Å². The molecule has 3 nitrogen and oxygen atoms in total. The quantitative estimate of drug-likeness (QED) is 0.331. The zero-order valence-electron chi connectivity index (χ0n) is 4.19. The number of alkyl halides is 1. The van der Waals surface area contributed by atoms with Crippen LogP contribution in [0.4, 0.5) is 0 Å². The maximum Gasteiger partial charge on any atom is 0.319 e. The second-order valence-corrected chi connectivity index (χ2v) is 2.93. The Morgan fingerprint density at radius 1 is 1.75 bits per heavy atom. The predicted octanol–water partition coefficient (Wildman–Crippen LogP) is -0.0878. The van der Waals surface area contributed by atoms with Crippen LogP contribution in [0.15, 0.2) is 0 Å². The second-order valence-electron chi connectivity index (χ2n) is 1.42. The average Bonchev–Trinajstić information content (AvgIpc) is 1.91. The number of carbonyl (C=O) groups excluding carboxylic acids is 1. The molecular formula is C4H7IO3. The fourth-order valence-electron chi connectivity index (χ4n) is 0.471. The van der Waals surface area contributed by atoms with Gasteiger partial charge in [-0.15, -0.1) is 0 Å². The summed E-state index contributed by atoms with van der Waals surface area (Å²) in [5.41, 5.74) is 0. The first-order valence-electron chi connectivity index (χ1n) is 2.11. The largest absolute Gasteiger partial charge is 0.465 e. The van der Waals surface area contributed by atoms with Gasteiger partial charge in [-0.3, -0.25) is 4.79 Å². The molecule has 1 atom stereocenters. The Bertz CT molecular complexity index is 93.3. The Kier molecular flexibility index (Phi) is 3.30. The van der Waals surface area contributed by atoms with E-state index in [-0.39, 0.29) is 15.4 Å². The van der Waals surface area contributed by atoms with Gasteiger partial charge in [-0.2, -0.15) is 0 Å². The summed E-state index contributed by atoms with van der Waals surface area (Å²) in [6, 6.07) is 0. The van der Waals surface area contributed by atoms with Crippen LogP contribution in [0.1, 0.15) is 6.42 Å². The van der Waals surface area contributed by atoms with Crippen molar-refractivity contribution in [1.82, 2.24) is 0 Å². The number of esters is 1. The Morgan fingerprint density at radius 2 is 2.38 bits per heavy atom. The van der Waals surface area contributed by atoms with Gasteiger partial charge in [0.25, 0.3) is 0 Å². The van der Waals surface area contributed by atoms with E-state index in [1.165, 1.54) is 0 Å². The van der Waals surface area contributed by atoms with E-state index in [1.54, 1.807) is 0 Å². The molecule has 0 bridgehead atoms. The third-order valence-corrected chi connectivity index (χ3v) is 2.00. The van der Waals surface area contributed by atoms with Crippen molar-refractivity contribution in [1.29, 1.82) is 0 Å². The van der Waals surface area contributed by atoms with Crippen molar-refractivity contribution in [3.05, 3.63) is 0 Å². The molecule has 0 spiro atoms. The summed E-state index contributed by atoms with van der Waals surface area (Å²) < 4.78 is 4.74. The van der Waals surface area contributed by atoms with Crippen LogP contribution < -0.4 is 0 Å². The van der Waals surface area contributed by atoms with Crippen molar-refractivity contribution in [3.63, 3.8) is 0 Å². The molecule has 8 heavy (non-hydrogen) atoms. The van der Waals surface area contributed by atoms with Gasteiger partial charge in [0.15, 0.2) is 0 Å². The fourth-order valence-corrected chi connectivity index (χ4v) is 0.905. The number of ether oxygens (including phenoxy) is 1. The standard InChI is InChI=1S/C4H5IO2.H2O/c5-3-1-2-7-4(3)6;/h3H,1-2H2;1H2. The molecule has 1 rings (SSSR count). The zero-order valence-corrected chi connectivity index (χ0v) is 6.34. The normalized spacial score (nSPS) is 26.6. The van der Waals surface area contributed by atoms with Gasteiger partial charge in [-0.25, -0.2) is 0 Å². The van der Waals surface area contributed by atoms with E-state index >= 15 is 0 Å². The number of cyclic esters (lactones) is 1. The van der Waals surface area contributed by atoms with Crippen LogP contribution in [0.25, 0.3) is 0 Å². The molecule has 0 aliphatic carbocycles. The van der Waals surface area contributed by atoms with E-state index in [1.807, 2.05) is 0 Å². The molecule has 0 aromatic heterocycles. The van der Waals surface area contributed by atoms with E-state index in [0.717, 1.165) is 6.42 Å². The molecule has 0 aromatic rings. The van der Waals surface area contributed by atoms with Crippen molar-refractivity contribution in [2.24, 2.45) is 0 Å². The Hall–Kier alpha value is 0.160. The lowest BCUT2D eigenvalue weighted by Gasteiger charge is -1.86. The molecule has 1 aliphatic rings. The summed E-state index contributed by atoms with van der Waals surface area (Å²) >= 11 is 2.08. The van der Waals surface area contributed by atoms with Crippen LogP contribution in [0.2, 0.25) is 0 Å². The number of carbonyl (C=O) groups is 1. The minimum Gasteiger partial charge on any atom is -0.465 e. The molecule has 0 amide bonds. The van der Waals surface area contributed by atoms with Crippen molar-refractivity contribution >= 4 is 28.6 Å². The van der Waals surface area contributed by atoms with Crippen LogP contribution in [-0.2, 0) is 9.53 Å². The minimum absolute atomic E-state index is 0. The number of halogens is 1. The maximum absolute atomic E-state index is 10.3. The van der Waals surface area contributed by atoms with Gasteiger partial charge in [0.1, 0.15) is 3.92 Å². The Labute approximate surface area is 60.8 Å². The molecule has 1 aliphatic heterocycles. The number of hydrogen-bond donors (Lipinski definition) is 0. The van der Waals surface area contributed by atoms with Crippen LogP contribution in [0.3, 0.4) is 0 Å². The highest BCUT2D eigenvalue weighted by Crippen LogP contribution is 2.14. The van der Waals surface area contributed by atoms with Crippen molar-refractivity contribution < 1.29 is 15.0 Å². The molecule has 0 radical (unpaired) electrons. The molecule has 48 valence electrons. The van der Waals surface area contributed by atoms with Gasteiger partial charge in [0.05, 0.1) is 6.61 Å². The van der Waals surface area contributed by atoms with Crippen molar-refractivity contribution in [2.45, 2.75) is 10.3 Å². The van der Waals surface area contributed by atoms with Gasteiger partial charge in [0.2, 0.25) is 0 Å². The minimum atomic E-state index is -0.0550. The van der Waals surface area contributed by atoms with Gasteiger partial charge >= 0.3 is 5.97 Å². The topological polar surface area (TPSA) is 57.8 Å². The third kappa shape index (κ3) is 1.59. The highest BCUT2D eigenvalue weighted by Gasteiger charge is 2.22. The molecular weight excluding hydrogens is 223 g/mol. The van der Waals surface area contributed by atoms with Crippen molar-refractivity contribution in [2.75, 3.05) is 6.61 Å². The monoisotopic (exact) mass is 230 g/mol. The van der Waals surface area contributed by atoms with Gasteiger partial charge in [-0.05, 0) is 0 Å². The summed E-state index contributed by atoms with van der Waals surface area (Å²) in [4.78, 5) is 10.3. The maximum atomic E-state index is 10.3. The van der Waals surface area contributed by atoms with Crippen LogP contribution in [-0.4, -0.2) is 22.0 Å². The number of rotatable bonds is 0. The smallest absolute Gasteiger partial charge is 0.319 e. The summed E-state index contributed by atoms with van der Waals surface area (Å²) in [5, 5.41) is 0. The molecule has 1 fully saturated rings. The molecule has 1 heterocycles. The van der Waals surface area contributed by atoms with Gasteiger partial charge in [-0.1, -0.05) is 22.6 Å². The third-order valence-electron chi connectivity index (χ3n) is 0.871. The molecule has 0 aromatic carbocycles. The molecule has 4 heteroatoms. The summed E-state index contributed by atoms with van der Waals surface area (Å²) in [6.45, 7) is 0.617. The first kappa shape index (κ1) is 8.16. The van der Waals surface area contributed by atoms with Crippen LogP contribution in [0.5, 0.6) is 0 Å². The van der Waals surface area contributed by atoms with Gasteiger partial charge < -0.3 is 10.2 Å². The molecule has 0 saturated carbocycles. The lowest BCUT2D eigenvalue weighted by atomic mass is 10.4. The summed E-state index contributed by atoms with van der Waals surface area (Å²) in [5.74, 6) is -0.0550. The molecule has 1 saturated heterocycles. The summed E-state index contributed by atoms with van der Waals surface area (Å²) in [6.07, 6.45) is 0.888. The lowest BCUT2D eigenvalue weighted by molar-refractivity contribution is -0.137. The highest BCUT2D eigenvalue weighted by molar-refractivity contribution is 14.1. The Balaban J connectivity index is 0.000000490. The molecule has 1 unspecified atom stereocenters. The second kappa shape index (κ2) is 3.24. The molecule has 2 N–H and O–H groups in total. The average molecular weight is 230 g/mol. The fraction of sp³-hybridized carbons (Fsp3) is 0.750. The Morgan fingerprint density at radius 3 is 2.50 bits per heavy atom. The first-order valence-corrected chi connectivity index (χ1v) is 3.36. The van der Waals surface area contributed by atoms with E-state index in [9.17, 15) is 4.79 Å². The van der Waals surface area contributed by atoms with E-state index in [4.69, 9.17) is 0 Å². The predicted molar refractivity (Wildman–Crippen MR) is 37.0 cm³/mol. The first-order chi connectivity index (χ1) is 3.30. The van der Waals surface area contributed by atoms with Crippen LogP contribution >= 0.6 is 22.6 Å². The lowest BCUT2D eigenvalue weighted by Crippen LogP contribution is -2.03. The van der Waals surface area contributed by atoms with Crippen molar-refractivity contribution in [3.8, 4) is 0 Å². The number of hydrogen-bond acceptors (Lipinski definition) is 2. The SMILES string of the molecule is O.O=C1OCCC1I. The highest BCUT2D eigenvalue weighted by atomic mass is 127. The van der Waals surface area contributed by atoms with E-state index in [2.05, 4.69) is 27.3 Å². The summed E-state index contributed by atoms with van der Waals surface area (Å²) in [7, 11) is 0.